The number of carboxylic acid groups (broad SMARTS) is 1. The van der Waals surface area contributed by atoms with E-state index in [0.717, 1.165) is 18.7 Å². The average Bonchev–Trinajstić information content (AvgIpc) is 2.34. The molecule has 1 rings (SSSR count). The lowest BCUT2D eigenvalue weighted by atomic mass is 9.97. The van der Waals surface area contributed by atoms with Gasteiger partial charge in [-0.2, -0.15) is 0 Å². The lowest BCUT2D eigenvalue weighted by Crippen LogP contribution is -2.42. The molecule has 0 heterocycles. The van der Waals surface area contributed by atoms with Crippen molar-refractivity contribution >= 4 is 5.97 Å². The van der Waals surface area contributed by atoms with E-state index in [1.165, 1.54) is 11.1 Å². The summed E-state index contributed by atoms with van der Waals surface area (Å²) in [4.78, 5) is 13.4. The van der Waals surface area contributed by atoms with Gasteiger partial charge in [0.2, 0.25) is 0 Å². The second kappa shape index (κ2) is 6.55. The van der Waals surface area contributed by atoms with E-state index in [-0.39, 0.29) is 0 Å². The van der Waals surface area contributed by atoms with Crippen LogP contribution < -0.4 is 0 Å². The molecule has 1 unspecified atom stereocenters. The van der Waals surface area contributed by atoms with Gasteiger partial charge in [-0.15, -0.1) is 0 Å². The van der Waals surface area contributed by atoms with Crippen LogP contribution in [-0.4, -0.2) is 35.1 Å². The summed E-state index contributed by atoms with van der Waals surface area (Å²) < 4.78 is 0. The Balaban J connectivity index is 2.97. The number of carbonyl (C=O) groups is 1. The Morgan fingerprint density at radius 1 is 1.28 bits per heavy atom. The maximum Gasteiger partial charge on any atom is 0.321 e. The second-order valence-corrected chi connectivity index (χ2v) is 4.64. The number of aryl methyl sites for hydroxylation is 1. The lowest BCUT2D eigenvalue weighted by Gasteiger charge is -2.26. The molecule has 1 aromatic rings. The Hall–Kier alpha value is -1.35. The number of hydrogen-bond acceptors (Lipinski definition) is 2. The van der Waals surface area contributed by atoms with Crippen molar-refractivity contribution in [3.05, 3.63) is 34.9 Å². The summed E-state index contributed by atoms with van der Waals surface area (Å²) in [6.45, 7) is 9.65. The number of aliphatic carboxylic acids is 1. The first kappa shape index (κ1) is 14.7. The van der Waals surface area contributed by atoms with Crippen LogP contribution in [0.2, 0.25) is 0 Å². The molecule has 1 atom stereocenters. The molecule has 1 N–H and O–H groups in total. The Morgan fingerprint density at radius 2 is 1.89 bits per heavy atom. The van der Waals surface area contributed by atoms with Gasteiger partial charge in [0.05, 0.1) is 0 Å². The van der Waals surface area contributed by atoms with Crippen molar-refractivity contribution < 1.29 is 9.90 Å². The fourth-order valence-corrected chi connectivity index (χ4v) is 2.28. The fourth-order valence-electron chi connectivity index (χ4n) is 2.28. The van der Waals surface area contributed by atoms with Crippen molar-refractivity contribution in [3.8, 4) is 0 Å². The van der Waals surface area contributed by atoms with Crippen LogP contribution in [0.15, 0.2) is 18.2 Å². The van der Waals surface area contributed by atoms with Crippen molar-refractivity contribution in [3.63, 3.8) is 0 Å². The van der Waals surface area contributed by atoms with Crippen LogP contribution in [0.3, 0.4) is 0 Å². The second-order valence-electron chi connectivity index (χ2n) is 4.64. The summed E-state index contributed by atoms with van der Waals surface area (Å²) in [5.74, 6) is -0.736. The molecule has 0 spiro atoms. The van der Waals surface area contributed by atoms with E-state index < -0.39 is 12.0 Å². The largest absolute Gasteiger partial charge is 0.480 e. The zero-order valence-electron chi connectivity index (χ0n) is 11.7. The molecule has 0 aliphatic rings. The molecule has 0 saturated heterocycles. The van der Waals surface area contributed by atoms with Crippen LogP contribution in [-0.2, 0) is 11.2 Å². The van der Waals surface area contributed by atoms with Gasteiger partial charge in [-0.05, 0) is 50.0 Å². The summed E-state index contributed by atoms with van der Waals surface area (Å²) in [6, 6.07) is 5.66. The minimum atomic E-state index is -0.736. The van der Waals surface area contributed by atoms with Crippen molar-refractivity contribution in [2.24, 2.45) is 0 Å². The molecule has 3 heteroatoms. The quantitative estimate of drug-likeness (QED) is 0.842. The smallest absolute Gasteiger partial charge is 0.321 e. The zero-order chi connectivity index (χ0) is 13.7. The van der Waals surface area contributed by atoms with Gasteiger partial charge in [-0.1, -0.05) is 32.0 Å². The van der Waals surface area contributed by atoms with Gasteiger partial charge in [-0.25, -0.2) is 0 Å². The highest BCUT2D eigenvalue weighted by Crippen LogP contribution is 2.17. The average molecular weight is 249 g/mol. The molecule has 3 nitrogen and oxygen atoms in total. The molecule has 1 aromatic carbocycles. The number of carboxylic acids is 1. The van der Waals surface area contributed by atoms with E-state index in [2.05, 4.69) is 19.9 Å². The van der Waals surface area contributed by atoms with Crippen LogP contribution in [0.25, 0.3) is 0 Å². The molecular weight excluding hydrogens is 226 g/mol. The SMILES string of the molecule is CCN(CC)C(Cc1cccc(C)c1C)C(=O)O. The molecule has 0 radical (unpaired) electrons. The summed E-state index contributed by atoms with van der Waals surface area (Å²) in [5, 5.41) is 9.39. The first-order valence-electron chi connectivity index (χ1n) is 6.53. The molecular formula is C15H23NO2. The summed E-state index contributed by atoms with van der Waals surface area (Å²) in [5.41, 5.74) is 3.56. The molecule has 100 valence electrons. The highest BCUT2D eigenvalue weighted by atomic mass is 16.4. The van der Waals surface area contributed by atoms with Gasteiger partial charge in [0.15, 0.2) is 0 Å². The van der Waals surface area contributed by atoms with Crippen LogP contribution in [0.4, 0.5) is 0 Å². The third-order valence-corrected chi connectivity index (χ3v) is 3.67. The van der Waals surface area contributed by atoms with Crippen LogP contribution in [0, 0.1) is 13.8 Å². The number of benzene rings is 1. The lowest BCUT2D eigenvalue weighted by molar-refractivity contribution is -0.143. The van der Waals surface area contributed by atoms with Gasteiger partial charge in [0, 0.05) is 0 Å². The number of nitrogens with zero attached hydrogens (tertiary/aromatic N) is 1. The summed E-state index contributed by atoms with van der Waals surface area (Å²) in [7, 11) is 0. The molecule has 0 aliphatic heterocycles. The van der Waals surface area contributed by atoms with E-state index in [1.807, 2.05) is 30.9 Å². The molecule has 0 aliphatic carbocycles. The van der Waals surface area contributed by atoms with E-state index in [4.69, 9.17) is 0 Å². The van der Waals surface area contributed by atoms with E-state index >= 15 is 0 Å². The van der Waals surface area contributed by atoms with Gasteiger partial charge < -0.3 is 5.11 Å². The highest BCUT2D eigenvalue weighted by molar-refractivity contribution is 5.74. The van der Waals surface area contributed by atoms with Crippen molar-refractivity contribution in [2.45, 2.75) is 40.2 Å². The summed E-state index contributed by atoms with van der Waals surface area (Å²) >= 11 is 0. The Bertz CT molecular complexity index is 411. The van der Waals surface area contributed by atoms with E-state index in [0.29, 0.717) is 6.42 Å². The number of likely N-dealkylation sites (N-methyl/N-ethyl adjacent to an activating group) is 1. The number of rotatable bonds is 6. The molecule has 0 aromatic heterocycles. The predicted octanol–water partition coefficient (Wildman–Crippen LogP) is 2.64. The number of hydrogen-bond donors (Lipinski definition) is 1. The Morgan fingerprint density at radius 3 is 2.39 bits per heavy atom. The van der Waals surface area contributed by atoms with E-state index in [1.54, 1.807) is 0 Å². The minimum Gasteiger partial charge on any atom is -0.480 e. The van der Waals surface area contributed by atoms with Gasteiger partial charge >= 0.3 is 5.97 Å². The third-order valence-electron chi connectivity index (χ3n) is 3.67. The zero-order valence-corrected chi connectivity index (χ0v) is 11.7. The maximum atomic E-state index is 11.4. The topological polar surface area (TPSA) is 40.5 Å². The molecule has 0 bridgehead atoms. The monoisotopic (exact) mass is 249 g/mol. The molecule has 0 fully saturated rings. The van der Waals surface area contributed by atoms with Crippen molar-refractivity contribution in [1.29, 1.82) is 0 Å². The van der Waals surface area contributed by atoms with Crippen molar-refractivity contribution in [1.82, 2.24) is 4.90 Å². The van der Waals surface area contributed by atoms with Crippen molar-refractivity contribution in [2.75, 3.05) is 13.1 Å². The fraction of sp³-hybridized carbons (Fsp3) is 0.533. The predicted molar refractivity (Wildman–Crippen MR) is 74.0 cm³/mol. The normalized spacial score (nSPS) is 12.7. The Labute approximate surface area is 109 Å². The summed E-state index contributed by atoms with van der Waals surface area (Å²) in [6.07, 6.45) is 0.574. The van der Waals surface area contributed by atoms with Crippen LogP contribution >= 0.6 is 0 Å². The first-order chi connectivity index (χ1) is 8.51. The molecule has 0 saturated carbocycles. The van der Waals surface area contributed by atoms with E-state index in [9.17, 15) is 9.90 Å². The van der Waals surface area contributed by atoms with Gasteiger partial charge in [0.1, 0.15) is 6.04 Å². The first-order valence-corrected chi connectivity index (χ1v) is 6.53. The maximum absolute atomic E-state index is 11.4. The minimum absolute atomic E-state index is 0.430. The highest BCUT2D eigenvalue weighted by Gasteiger charge is 2.24. The molecule has 0 amide bonds. The third kappa shape index (κ3) is 3.33. The van der Waals surface area contributed by atoms with Crippen LogP contribution in [0.1, 0.15) is 30.5 Å². The van der Waals surface area contributed by atoms with Gasteiger partial charge in [-0.3, -0.25) is 9.69 Å². The standard InChI is InChI=1S/C15H23NO2/c1-5-16(6-2)14(15(17)18)10-13-9-7-8-11(3)12(13)4/h7-9,14H,5-6,10H2,1-4H3,(H,17,18). The Kier molecular flexibility index (Phi) is 5.35. The molecule has 18 heavy (non-hydrogen) atoms. The van der Waals surface area contributed by atoms with Gasteiger partial charge in [0.25, 0.3) is 0 Å². The van der Waals surface area contributed by atoms with Crippen LogP contribution in [0.5, 0.6) is 0 Å².